The molecule has 1 aromatic carbocycles. The van der Waals surface area contributed by atoms with Gasteiger partial charge in [0.05, 0.1) is 12.1 Å². The number of rotatable bonds is 4. The summed E-state index contributed by atoms with van der Waals surface area (Å²) in [4.78, 5) is 31.9. The van der Waals surface area contributed by atoms with Crippen LogP contribution in [0, 0.1) is 17.2 Å². The van der Waals surface area contributed by atoms with E-state index in [4.69, 9.17) is 5.73 Å². The van der Waals surface area contributed by atoms with Crippen molar-refractivity contribution >= 4 is 11.8 Å². The molecule has 1 aromatic rings. The van der Waals surface area contributed by atoms with Crippen molar-refractivity contribution in [3.05, 3.63) is 35.1 Å². The lowest BCUT2D eigenvalue weighted by molar-refractivity contribution is -0.128. The first-order chi connectivity index (χ1) is 21.3. The Bertz CT molecular complexity index is 1220. The molecule has 7 aliphatic rings. The van der Waals surface area contributed by atoms with E-state index < -0.39 is 24.1 Å². The molecule has 1 aliphatic carbocycles. The summed E-state index contributed by atoms with van der Waals surface area (Å²) in [6.07, 6.45) is 6.51. The number of nitrogens with zero attached hydrogens (tertiary/aromatic N) is 2. The van der Waals surface area contributed by atoms with Crippen LogP contribution in [0.3, 0.4) is 0 Å². The molecule has 2 amide bonds. The zero-order valence-corrected chi connectivity index (χ0v) is 25.7. The van der Waals surface area contributed by atoms with Crippen molar-refractivity contribution in [3.8, 4) is 0 Å². The maximum Gasteiger partial charge on any atom is 0.254 e. The van der Waals surface area contributed by atoms with E-state index in [2.05, 4.69) is 26.2 Å². The van der Waals surface area contributed by atoms with E-state index >= 15 is 4.39 Å². The minimum atomic E-state index is -0.987. The Balaban J connectivity index is 1.08. The Hall–Kier alpha value is -2.18. The molecule has 6 saturated heterocycles. The summed E-state index contributed by atoms with van der Waals surface area (Å²) in [5.74, 6) is -1.49. The van der Waals surface area contributed by atoms with Gasteiger partial charge in [0.2, 0.25) is 5.91 Å². The van der Waals surface area contributed by atoms with Crippen molar-refractivity contribution in [3.63, 3.8) is 0 Å². The Morgan fingerprint density at radius 1 is 1.05 bits per heavy atom. The molecule has 0 aromatic heterocycles. The van der Waals surface area contributed by atoms with E-state index in [1.165, 1.54) is 6.07 Å². The summed E-state index contributed by atoms with van der Waals surface area (Å²) in [5, 5.41) is 13.5. The molecule has 4 bridgehead atoms. The number of halogens is 2. The van der Waals surface area contributed by atoms with E-state index in [1.807, 2.05) is 4.90 Å². The molecule has 8 rings (SSSR count). The number of hydrogen-bond acceptors (Lipinski definition) is 7. The number of fused-ring (bicyclic) bond motifs is 5. The third-order valence-electron chi connectivity index (χ3n) is 11.9. The van der Waals surface area contributed by atoms with Crippen LogP contribution in [0.15, 0.2) is 18.2 Å². The maximum atomic E-state index is 15.8. The second-order valence-electron chi connectivity index (χ2n) is 14.4. The number of alkyl halides is 1. The topological polar surface area (TPSA) is 115 Å². The first-order valence-corrected chi connectivity index (χ1v) is 17.0. The van der Waals surface area contributed by atoms with Crippen molar-refractivity contribution in [2.75, 3.05) is 45.8 Å². The van der Waals surface area contributed by atoms with Gasteiger partial charge < -0.3 is 31.5 Å². The predicted molar refractivity (Wildman–Crippen MR) is 164 cm³/mol. The highest BCUT2D eigenvalue weighted by molar-refractivity contribution is 5.94. The van der Waals surface area contributed by atoms with Crippen LogP contribution in [0.25, 0.3) is 0 Å². The van der Waals surface area contributed by atoms with Gasteiger partial charge >= 0.3 is 0 Å². The third kappa shape index (κ3) is 5.79. The first kappa shape index (κ1) is 30.5. The number of carbonyl (C=O) groups is 2. The van der Waals surface area contributed by atoms with Crippen LogP contribution in [0.2, 0.25) is 0 Å². The standard InChI is InChI=1S/C33H49F2N7O2/c34-21-16-28-33(8-1-2-9-33)17-26(38-18-21)29(30(36)40-28)31(43)39-27-19-37-10-5-24(27)23-4-3-20(15-25(23)35)32(44)42-14-13-41-11-6-22(42)7-12-41/h3-4,15,21-22,24,26-30,37-38,40H,1-2,5-14,16-19,36H2,(H,39,43). The fourth-order valence-corrected chi connectivity index (χ4v) is 9.53. The molecule has 6 heterocycles. The molecular formula is C33H49F2N7O2. The van der Waals surface area contributed by atoms with Gasteiger partial charge in [-0.15, -0.1) is 0 Å². The van der Waals surface area contributed by atoms with Gasteiger partial charge in [0, 0.05) is 74.9 Å². The van der Waals surface area contributed by atoms with Crippen LogP contribution in [-0.2, 0) is 4.79 Å². The van der Waals surface area contributed by atoms with Crippen molar-refractivity contribution in [1.82, 2.24) is 31.1 Å². The van der Waals surface area contributed by atoms with Crippen LogP contribution in [-0.4, -0.2) is 104 Å². The lowest BCUT2D eigenvalue weighted by Gasteiger charge is -2.41. The number of carbonyl (C=O) groups excluding carboxylic acids is 2. The van der Waals surface area contributed by atoms with Crippen molar-refractivity contribution in [2.24, 2.45) is 17.1 Å². The van der Waals surface area contributed by atoms with Crippen molar-refractivity contribution < 1.29 is 18.4 Å². The summed E-state index contributed by atoms with van der Waals surface area (Å²) < 4.78 is 30.8. The molecule has 1 saturated carbocycles. The average molecular weight is 614 g/mol. The quantitative estimate of drug-likeness (QED) is 0.352. The van der Waals surface area contributed by atoms with Crippen LogP contribution in [0.1, 0.15) is 79.6 Å². The Kier molecular flexibility index (Phi) is 8.69. The van der Waals surface area contributed by atoms with Crippen LogP contribution >= 0.6 is 0 Å². The van der Waals surface area contributed by atoms with Gasteiger partial charge in [-0.3, -0.25) is 14.9 Å². The van der Waals surface area contributed by atoms with Gasteiger partial charge in [0.25, 0.3) is 5.91 Å². The number of hydrogen-bond donors (Lipinski definition) is 5. The monoisotopic (exact) mass is 613 g/mol. The molecule has 44 heavy (non-hydrogen) atoms. The first-order valence-electron chi connectivity index (χ1n) is 17.0. The van der Waals surface area contributed by atoms with Gasteiger partial charge in [-0.1, -0.05) is 18.9 Å². The number of amides is 2. The van der Waals surface area contributed by atoms with Crippen molar-refractivity contribution in [1.29, 1.82) is 0 Å². The van der Waals surface area contributed by atoms with Gasteiger partial charge in [0.15, 0.2) is 0 Å². The lowest BCUT2D eigenvalue weighted by atomic mass is 9.70. The molecule has 11 heteroatoms. The minimum absolute atomic E-state index is 0.0428. The molecule has 7 atom stereocenters. The number of benzene rings is 1. The van der Waals surface area contributed by atoms with E-state index in [1.54, 1.807) is 12.1 Å². The van der Waals surface area contributed by atoms with Crippen molar-refractivity contribution in [2.45, 2.75) is 100 Å². The van der Waals surface area contributed by atoms with E-state index in [-0.39, 0.29) is 53.9 Å². The van der Waals surface area contributed by atoms with Gasteiger partial charge in [-0.2, -0.15) is 0 Å². The third-order valence-corrected chi connectivity index (χ3v) is 11.9. The van der Waals surface area contributed by atoms with Gasteiger partial charge in [-0.05, 0) is 74.6 Å². The van der Waals surface area contributed by atoms with Crippen LogP contribution in [0.5, 0.6) is 0 Å². The molecule has 7 fully saturated rings. The molecule has 9 nitrogen and oxygen atoms in total. The highest BCUT2D eigenvalue weighted by Gasteiger charge is 2.52. The molecular weight excluding hydrogens is 564 g/mol. The number of piperidine rings is 2. The van der Waals surface area contributed by atoms with E-state index in [9.17, 15) is 14.0 Å². The smallest absolute Gasteiger partial charge is 0.254 e. The summed E-state index contributed by atoms with van der Waals surface area (Å²) in [6, 6.07) is 4.50. The summed E-state index contributed by atoms with van der Waals surface area (Å²) in [5.41, 5.74) is 7.57. The number of nitrogens with two attached hydrogens (primary N) is 1. The Labute approximate surface area is 259 Å². The second kappa shape index (κ2) is 12.5. The molecule has 242 valence electrons. The number of nitrogens with one attached hydrogen (secondary N) is 4. The maximum absolute atomic E-state index is 15.8. The molecule has 7 unspecified atom stereocenters. The Morgan fingerprint density at radius 3 is 2.61 bits per heavy atom. The van der Waals surface area contributed by atoms with E-state index in [0.717, 1.165) is 64.6 Å². The molecule has 6 N–H and O–H groups in total. The fourth-order valence-electron chi connectivity index (χ4n) is 9.53. The minimum Gasteiger partial charge on any atom is -0.351 e. The van der Waals surface area contributed by atoms with Gasteiger partial charge in [0.1, 0.15) is 12.0 Å². The van der Waals surface area contributed by atoms with Crippen LogP contribution in [0.4, 0.5) is 8.78 Å². The zero-order chi connectivity index (χ0) is 30.4. The molecule has 1 spiro atoms. The van der Waals surface area contributed by atoms with Gasteiger partial charge in [-0.25, -0.2) is 8.78 Å². The summed E-state index contributed by atoms with van der Waals surface area (Å²) in [7, 11) is 0. The highest BCUT2D eigenvalue weighted by atomic mass is 19.1. The SMILES string of the molecule is NC1NC2CC(F)CNC(CC23CCCC3)C1C(=O)NC1CNCCC1c1ccc(C(=O)N2CCN3CCC2CC3)cc1F. The Morgan fingerprint density at radius 2 is 1.84 bits per heavy atom. The second-order valence-corrected chi connectivity index (χ2v) is 14.4. The predicted octanol–water partition coefficient (Wildman–Crippen LogP) is 1.83. The largest absolute Gasteiger partial charge is 0.351 e. The average Bonchev–Trinajstić information content (AvgIpc) is 3.26. The highest BCUT2D eigenvalue weighted by Crippen LogP contribution is 2.49. The lowest BCUT2D eigenvalue weighted by Crippen LogP contribution is -2.60. The fraction of sp³-hybridized carbons (Fsp3) is 0.758. The van der Waals surface area contributed by atoms with Crippen LogP contribution < -0.4 is 27.0 Å². The summed E-state index contributed by atoms with van der Waals surface area (Å²) >= 11 is 0. The molecule has 0 radical (unpaired) electrons. The summed E-state index contributed by atoms with van der Waals surface area (Å²) in [6.45, 7) is 5.01. The zero-order valence-electron chi connectivity index (χ0n) is 25.7. The molecule has 6 aliphatic heterocycles. The van der Waals surface area contributed by atoms with E-state index in [0.29, 0.717) is 43.6 Å². The normalized spacial score (nSPS) is 38.5.